The third-order valence-electron chi connectivity index (χ3n) is 3.49. The Morgan fingerprint density at radius 2 is 2.05 bits per heavy atom. The van der Waals surface area contributed by atoms with Gasteiger partial charge in [-0.2, -0.15) is 0 Å². The van der Waals surface area contributed by atoms with Gasteiger partial charge in [0.15, 0.2) is 0 Å². The van der Waals surface area contributed by atoms with Gasteiger partial charge in [0.25, 0.3) is 0 Å². The van der Waals surface area contributed by atoms with Gasteiger partial charge < -0.3 is 14.5 Å². The van der Waals surface area contributed by atoms with Crippen molar-refractivity contribution in [2.75, 3.05) is 7.11 Å². The minimum Gasteiger partial charge on any atom is -0.496 e. The molecule has 0 saturated heterocycles. The molecule has 0 amide bonds. The molecule has 0 fully saturated rings. The number of ether oxygens (including phenoxy) is 1. The SMILES string of the molecule is COc1cc(C)ccc1C(C)NCc1nc(C)c(C)o1. The van der Waals surface area contributed by atoms with Crippen LogP contribution in [-0.2, 0) is 6.54 Å². The average Bonchev–Trinajstić information content (AvgIpc) is 2.75. The van der Waals surface area contributed by atoms with E-state index < -0.39 is 0 Å². The first-order valence-electron chi connectivity index (χ1n) is 6.82. The smallest absolute Gasteiger partial charge is 0.208 e. The quantitative estimate of drug-likeness (QED) is 0.907. The molecule has 0 bridgehead atoms. The van der Waals surface area contributed by atoms with E-state index in [1.165, 1.54) is 5.56 Å². The molecule has 1 aromatic carbocycles. The standard InChI is InChI=1S/C16H22N2O2/c1-10-6-7-14(15(8-10)19-5)12(3)17-9-16-18-11(2)13(4)20-16/h6-8,12,17H,9H2,1-5H3. The lowest BCUT2D eigenvalue weighted by Gasteiger charge is -2.17. The highest BCUT2D eigenvalue weighted by molar-refractivity contribution is 5.39. The highest BCUT2D eigenvalue weighted by Gasteiger charge is 2.13. The molecule has 1 heterocycles. The molecule has 1 N–H and O–H groups in total. The van der Waals surface area contributed by atoms with Crippen molar-refractivity contribution < 1.29 is 9.15 Å². The lowest BCUT2D eigenvalue weighted by molar-refractivity contribution is 0.394. The summed E-state index contributed by atoms with van der Waals surface area (Å²) in [5.41, 5.74) is 3.28. The van der Waals surface area contributed by atoms with Crippen molar-refractivity contribution in [3.05, 3.63) is 46.7 Å². The van der Waals surface area contributed by atoms with Crippen LogP contribution in [0.5, 0.6) is 5.75 Å². The third kappa shape index (κ3) is 3.20. The predicted octanol–water partition coefficient (Wildman–Crippen LogP) is 3.46. The Balaban J connectivity index is 2.06. The van der Waals surface area contributed by atoms with Crippen LogP contribution in [0.3, 0.4) is 0 Å². The number of methoxy groups -OCH3 is 1. The van der Waals surface area contributed by atoms with E-state index in [-0.39, 0.29) is 6.04 Å². The summed E-state index contributed by atoms with van der Waals surface area (Å²) in [6.45, 7) is 8.65. The molecule has 0 aliphatic carbocycles. The van der Waals surface area contributed by atoms with Crippen molar-refractivity contribution in [1.29, 1.82) is 0 Å². The molecular weight excluding hydrogens is 252 g/mol. The number of oxazole rings is 1. The molecule has 4 heteroatoms. The largest absolute Gasteiger partial charge is 0.496 e. The predicted molar refractivity (Wildman–Crippen MR) is 79.0 cm³/mol. The van der Waals surface area contributed by atoms with Gasteiger partial charge in [-0.25, -0.2) is 4.98 Å². The molecule has 108 valence electrons. The van der Waals surface area contributed by atoms with Crippen LogP contribution in [0.15, 0.2) is 22.6 Å². The Labute approximate surface area is 120 Å². The Morgan fingerprint density at radius 3 is 2.65 bits per heavy atom. The highest BCUT2D eigenvalue weighted by Crippen LogP contribution is 2.26. The van der Waals surface area contributed by atoms with Gasteiger partial charge in [0.05, 0.1) is 19.3 Å². The molecule has 1 atom stereocenters. The maximum atomic E-state index is 5.57. The van der Waals surface area contributed by atoms with E-state index in [4.69, 9.17) is 9.15 Å². The van der Waals surface area contributed by atoms with Crippen LogP contribution in [-0.4, -0.2) is 12.1 Å². The molecule has 20 heavy (non-hydrogen) atoms. The summed E-state index contributed by atoms with van der Waals surface area (Å²) in [4.78, 5) is 4.37. The van der Waals surface area contributed by atoms with Crippen LogP contribution in [0.1, 0.15) is 41.4 Å². The van der Waals surface area contributed by atoms with Crippen LogP contribution in [0.2, 0.25) is 0 Å². The van der Waals surface area contributed by atoms with E-state index in [9.17, 15) is 0 Å². The first-order valence-corrected chi connectivity index (χ1v) is 6.82. The van der Waals surface area contributed by atoms with Crippen LogP contribution >= 0.6 is 0 Å². The maximum absolute atomic E-state index is 5.57. The van der Waals surface area contributed by atoms with E-state index in [2.05, 4.69) is 36.3 Å². The van der Waals surface area contributed by atoms with E-state index >= 15 is 0 Å². The second kappa shape index (κ2) is 6.09. The van der Waals surface area contributed by atoms with E-state index in [1.807, 2.05) is 19.9 Å². The fourth-order valence-corrected chi connectivity index (χ4v) is 2.14. The first-order chi connectivity index (χ1) is 9.51. The topological polar surface area (TPSA) is 47.3 Å². The fourth-order valence-electron chi connectivity index (χ4n) is 2.14. The normalized spacial score (nSPS) is 12.4. The van der Waals surface area contributed by atoms with Gasteiger partial charge in [0.1, 0.15) is 11.5 Å². The number of hydrogen-bond acceptors (Lipinski definition) is 4. The minimum atomic E-state index is 0.165. The Bertz CT molecular complexity index is 571. The molecule has 2 aromatic rings. The summed E-state index contributed by atoms with van der Waals surface area (Å²) in [6.07, 6.45) is 0. The summed E-state index contributed by atoms with van der Waals surface area (Å²) in [5, 5.41) is 3.41. The van der Waals surface area contributed by atoms with Crippen LogP contribution in [0.25, 0.3) is 0 Å². The first kappa shape index (κ1) is 14.6. The lowest BCUT2D eigenvalue weighted by Crippen LogP contribution is -2.19. The molecule has 0 radical (unpaired) electrons. The van der Waals surface area contributed by atoms with Crippen LogP contribution < -0.4 is 10.1 Å². The maximum Gasteiger partial charge on any atom is 0.208 e. The Hall–Kier alpha value is -1.81. The Kier molecular flexibility index (Phi) is 4.45. The van der Waals surface area contributed by atoms with Gasteiger partial charge in [0, 0.05) is 11.6 Å². The monoisotopic (exact) mass is 274 g/mol. The van der Waals surface area contributed by atoms with Crippen molar-refractivity contribution in [2.45, 2.75) is 40.3 Å². The van der Waals surface area contributed by atoms with Crippen molar-refractivity contribution >= 4 is 0 Å². The second-order valence-electron chi connectivity index (χ2n) is 5.10. The van der Waals surface area contributed by atoms with Gasteiger partial charge in [-0.3, -0.25) is 0 Å². The van der Waals surface area contributed by atoms with Gasteiger partial charge in [-0.1, -0.05) is 12.1 Å². The molecular formula is C16H22N2O2. The number of nitrogens with zero attached hydrogens (tertiary/aromatic N) is 1. The molecule has 2 rings (SSSR count). The molecule has 0 aliphatic heterocycles. The molecule has 0 spiro atoms. The van der Waals surface area contributed by atoms with Gasteiger partial charge in [0.2, 0.25) is 5.89 Å². The van der Waals surface area contributed by atoms with Gasteiger partial charge in [-0.05, 0) is 39.3 Å². The summed E-state index contributed by atoms with van der Waals surface area (Å²) in [6, 6.07) is 6.40. The van der Waals surface area contributed by atoms with Crippen LogP contribution in [0.4, 0.5) is 0 Å². The fraction of sp³-hybridized carbons (Fsp3) is 0.438. The molecule has 1 unspecified atom stereocenters. The molecule has 4 nitrogen and oxygen atoms in total. The zero-order valence-electron chi connectivity index (χ0n) is 12.8. The zero-order chi connectivity index (χ0) is 14.7. The second-order valence-corrected chi connectivity index (χ2v) is 5.10. The minimum absolute atomic E-state index is 0.165. The van der Waals surface area contributed by atoms with E-state index in [1.54, 1.807) is 7.11 Å². The lowest BCUT2D eigenvalue weighted by atomic mass is 10.0. The Morgan fingerprint density at radius 1 is 1.30 bits per heavy atom. The zero-order valence-corrected chi connectivity index (χ0v) is 12.8. The summed E-state index contributed by atoms with van der Waals surface area (Å²) in [7, 11) is 1.70. The number of aromatic nitrogens is 1. The third-order valence-corrected chi connectivity index (χ3v) is 3.49. The van der Waals surface area contributed by atoms with Crippen molar-refractivity contribution in [3.8, 4) is 5.75 Å². The molecule has 0 saturated carbocycles. The summed E-state index contributed by atoms with van der Waals surface area (Å²) in [5.74, 6) is 2.50. The van der Waals surface area contributed by atoms with Gasteiger partial charge in [-0.15, -0.1) is 0 Å². The summed E-state index contributed by atoms with van der Waals surface area (Å²) >= 11 is 0. The van der Waals surface area contributed by atoms with Crippen molar-refractivity contribution in [1.82, 2.24) is 10.3 Å². The van der Waals surface area contributed by atoms with E-state index in [0.717, 1.165) is 28.7 Å². The average molecular weight is 274 g/mol. The van der Waals surface area contributed by atoms with Crippen molar-refractivity contribution in [2.24, 2.45) is 0 Å². The van der Waals surface area contributed by atoms with E-state index in [0.29, 0.717) is 6.54 Å². The number of benzene rings is 1. The number of aryl methyl sites for hydroxylation is 3. The molecule has 0 aliphatic rings. The number of hydrogen-bond donors (Lipinski definition) is 1. The van der Waals surface area contributed by atoms with Crippen LogP contribution in [0, 0.1) is 20.8 Å². The van der Waals surface area contributed by atoms with Crippen molar-refractivity contribution in [3.63, 3.8) is 0 Å². The molecule has 1 aromatic heterocycles. The number of nitrogens with one attached hydrogen (secondary N) is 1. The summed E-state index contributed by atoms with van der Waals surface area (Å²) < 4.78 is 11.0. The highest BCUT2D eigenvalue weighted by atomic mass is 16.5. The van der Waals surface area contributed by atoms with Gasteiger partial charge >= 0.3 is 0 Å². The number of rotatable bonds is 5.